The van der Waals surface area contributed by atoms with Crippen LogP contribution in [0.15, 0.2) is 33.8 Å². The molecule has 1 saturated carbocycles. The Kier molecular flexibility index (Phi) is 10.3. The van der Waals surface area contributed by atoms with Crippen LogP contribution in [-0.4, -0.2) is 115 Å². The number of nitrogens with zero attached hydrogens (tertiary/aromatic N) is 4. The van der Waals surface area contributed by atoms with Gasteiger partial charge in [0.2, 0.25) is 10.0 Å². The lowest BCUT2D eigenvalue weighted by atomic mass is 9.96. The molecule has 47 heavy (non-hydrogen) atoms. The van der Waals surface area contributed by atoms with Crippen molar-refractivity contribution < 1.29 is 45.4 Å². The molecule has 1 aromatic heterocycles. The van der Waals surface area contributed by atoms with Crippen molar-refractivity contribution in [1.82, 2.24) is 19.0 Å². The molecule has 1 aliphatic carbocycles. The number of furan rings is 1. The van der Waals surface area contributed by atoms with Crippen molar-refractivity contribution in [3.8, 4) is 5.75 Å². The third kappa shape index (κ3) is 7.79. The second-order valence-corrected chi connectivity index (χ2v) is 14.8. The van der Waals surface area contributed by atoms with Crippen molar-refractivity contribution in [2.45, 2.75) is 94.2 Å². The van der Waals surface area contributed by atoms with Gasteiger partial charge in [-0.25, -0.2) is 13.2 Å². The molecule has 11 nitrogen and oxygen atoms in total. The van der Waals surface area contributed by atoms with Gasteiger partial charge >= 0.3 is 12.1 Å². The highest BCUT2D eigenvalue weighted by molar-refractivity contribution is 7.89. The van der Waals surface area contributed by atoms with Gasteiger partial charge in [-0.2, -0.15) is 17.5 Å². The molecule has 3 aliphatic heterocycles. The van der Waals surface area contributed by atoms with Crippen molar-refractivity contribution in [3.05, 3.63) is 46.9 Å². The molecule has 1 aromatic carbocycles. The Morgan fingerprint density at radius 3 is 2.02 bits per heavy atom. The van der Waals surface area contributed by atoms with Crippen LogP contribution in [-0.2, 0) is 21.4 Å². The lowest BCUT2D eigenvalue weighted by Gasteiger charge is -2.45. The number of carboxylic acids is 1. The van der Waals surface area contributed by atoms with Gasteiger partial charge in [0.1, 0.15) is 17.8 Å². The Morgan fingerprint density at radius 1 is 0.979 bits per heavy atom. The van der Waals surface area contributed by atoms with E-state index in [0.717, 1.165) is 25.9 Å². The fraction of sp³-hybridized carbons (Fsp3) is 0.625. The van der Waals surface area contributed by atoms with E-state index in [0.29, 0.717) is 64.3 Å². The maximum absolute atomic E-state index is 13.8. The Balaban J connectivity index is 0.000000559. The first kappa shape index (κ1) is 35.2. The van der Waals surface area contributed by atoms with Crippen molar-refractivity contribution in [2.75, 3.05) is 40.3 Å². The number of amides is 1. The average Bonchev–Trinajstić information content (AvgIpc) is 3.71. The molecule has 2 bridgehead atoms. The van der Waals surface area contributed by atoms with Crippen LogP contribution in [0, 0.1) is 13.8 Å². The minimum atomic E-state index is -5.08. The molecule has 3 saturated heterocycles. The first-order valence-corrected chi connectivity index (χ1v) is 17.3. The zero-order chi connectivity index (χ0) is 34.3. The number of ether oxygens (including phenoxy) is 1. The van der Waals surface area contributed by atoms with Crippen LogP contribution >= 0.6 is 0 Å². The number of benzene rings is 1. The molecule has 6 rings (SSSR count). The summed E-state index contributed by atoms with van der Waals surface area (Å²) in [6, 6.07) is 7.23. The topological polar surface area (TPSA) is 124 Å². The summed E-state index contributed by atoms with van der Waals surface area (Å²) in [5, 5.41) is 7.12. The number of carbonyl (C=O) groups excluding carboxylic acids is 1. The van der Waals surface area contributed by atoms with Crippen LogP contribution in [0.2, 0.25) is 0 Å². The number of aryl methyl sites for hydroxylation is 2. The van der Waals surface area contributed by atoms with Crippen LogP contribution in [0.5, 0.6) is 5.75 Å². The molecule has 2 atom stereocenters. The third-order valence-electron chi connectivity index (χ3n) is 9.84. The van der Waals surface area contributed by atoms with Crippen LogP contribution in [0.25, 0.3) is 0 Å². The van der Waals surface area contributed by atoms with Crippen LogP contribution in [0.1, 0.15) is 65.8 Å². The molecule has 4 fully saturated rings. The number of hydrogen-bond acceptors (Lipinski definition) is 8. The minimum absolute atomic E-state index is 0.0410. The van der Waals surface area contributed by atoms with E-state index in [2.05, 4.69) is 16.8 Å². The molecule has 1 N–H and O–H groups in total. The smallest absolute Gasteiger partial charge is 0.490 e. The number of carbonyl (C=O) groups is 2. The Labute approximate surface area is 273 Å². The van der Waals surface area contributed by atoms with Gasteiger partial charge in [0, 0.05) is 50.3 Å². The summed E-state index contributed by atoms with van der Waals surface area (Å²) in [5.74, 6) is -1.67. The highest BCUT2D eigenvalue weighted by Crippen LogP contribution is 2.38. The molecule has 1 amide bonds. The molecule has 15 heteroatoms. The molecule has 0 spiro atoms. The minimum Gasteiger partial charge on any atom is -0.497 e. The van der Waals surface area contributed by atoms with Gasteiger partial charge in [-0.05, 0) is 88.7 Å². The number of rotatable bonds is 8. The number of methoxy groups -OCH3 is 1. The Hall–Kier alpha value is -3.14. The summed E-state index contributed by atoms with van der Waals surface area (Å²) < 4.78 is 72.0. The van der Waals surface area contributed by atoms with E-state index in [9.17, 15) is 26.4 Å². The number of fused-ring (bicyclic) bond motifs is 2. The van der Waals surface area contributed by atoms with Crippen molar-refractivity contribution in [2.24, 2.45) is 0 Å². The molecule has 4 heterocycles. The highest BCUT2D eigenvalue weighted by atomic mass is 32.2. The first-order valence-electron chi connectivity index (χ1n) is 15.9. The second-order valence-electron chi connectivity index (χ2n) is 13.0. The summed E-state index contributed by atoms with van der Waals surface area (Å²) in [6.07, 6.45) is 3.16. The van der Waals surface area contributed by atoms with E-state index in [1.165, 1.54) is 36.3 Å². The predicted molar refractivity (Wildman–Crippen MR) is 166 cm³/mol. The molecule has 0 radical (unpaired) electrons. The van der Waals surface area contributed by atoms with E-state index in [-0.39, 0.29) is 18.5 Å². The molecular weight excluding hydrogens is 641 g/mol. The van der Waals surface area contributed by atoms with Gasteiger partial charge in [0.25, 0.3) is 5.91 Å². The summed E-state index contributed by atoms with van der Waals surface area (Å²) in [6.45, 7) is 6.93. The van der Waals surface area contributed by atoms with Gasteiger partial charge in [0.05, 0.1) is 24.1 Å². The summed E-state index contributed by atoms with van der Waals surface area (Å²) >= 11 is 0. The van der Waals surface area contributed by atoms with Gasteiger partial charge in [0.15, 0.2) is 0 Å². The Bertz CT molecular complexity index is 1530. The van der Waals surface area contributed by atoms with E-state index < -0.39 is 22.2 Å². The zero-order valence-corrected chi connectivity index (χ0v) is 27.9. The number of sulfonamides is 1. The second kappa shape index (κ2) is 13.8. The molecule has 2 unspecified atom stereocenters. The molecule has 2 aromatic rings. The van der Waals surface area contributed by atoms with Crippen molar-refractivity contribution in [3.63, 3.8) is 0 Å². The van der Waals surface area contributed by atoms with Crippen molar-refractivity contribution >= 4 is 21.9 Å². The largest absolute Gasteiger partial charge is 0.497 e. The Morgan fingerprint density at radius 2 is 1.53 bits per heavy atom. The van der Waals surface area contributed by atoms with E-state index >= 15 is 0 Å². The van der Waals surface area contributed by atoms with Gasteiger partial charge < -0.3 is 24.1 Å². The number of hydrogen-bond donors (Lipinski definition) is 1. The number of aliphatic carboxylic acids is 1. The third-order valence-corrected chi connectivity index (χ3v) is 12.0. The van der Waals surface area contributed by atoms with E-state index in [1.54, 1.807) is 39.2 Å². The monoisotopic (exact) mass is 684 g/mol. The number of alkyl halides is 3. The van der Waals surface area contributed by atoms with Gasteiger partial charge in [-0.3, -0.25) is 9.69 Å². The number of piperidine rings is 1. The zero-order valence-electron chi connectivity index (χ0n) is 27.1. The number of halogens is 3. The van der Waals surface area contributed by atoms with Gasteiger partial charge in [-0.15, -0.1) is 0 Å². The number of carboxylic acid groups (broad SMARTS) is 1. The summed E-state index contributed by atoms with van der Waals surface area (Å²) in [5.41, 5.74) is 1.81. The highest BCUT2D eigenvalue weighted by Gasteiger charge is 2.42. The SMILES string of the molecule is COc1cc(C)c(S(=O)(=O)N(Cc2cc(C(=O)N3CCN(C4CC5CCC(C4)N5C)CC3)co2)C2CC2)c(C)c1.O=C(O)C(F)(F)F. The normalized spacial score (nSPS) is 23.8. The van der Waals surface area contributed by atoms with Crippen LogP contribution in [0.3, 0.4) is 0 Å². The average molecular weight is 685 g/mol. The lowest BCUT2D eigenvalue weighted by molar-refractivity contribution is -0.192. The molecule has 4 aliphatic rings. The fourth-order valence-corrected chi connectivity index (χ4v) is 9.27. The molecular formula is C32H43F3N4O7S. The first-order chi connectivity index (χ1) is 22.1. The van der Waals surface area contributed by atoms with Crippen LogP contribution < -0.4 is 4.74 Å². The lowest BCUT2D eigenvalue weighted by Crippen LogP contribution is -2.55. The predicted octanol–water partition coefficient (Wildman–Crippen LogP) is 4.27. The fourth-order valence-electron chi connectivity index (χ4n) is 7.21. The summed E-state index contributed by atoms with van der Waals surface area (Å²) in [7, 11) is 0.0855. The van der Waals surface area contributed by atoms with Crippen LogP contribution in [0.4, 0.5) is 13.2 Å². The maximum Gasteiger partial charge on any atom is 0.490 e. The molecule has 260 valence electrons. The van der Waals surface area contributed by atoms with Gasteiger partial charge in [-0.1, -0.05) is 0 Å². The maximum atomic E-state index is 13.8. The van der Waals surface area contributed by atoms with E-state index in [1.807, 2.05) is 4.90 Å². The van der Waals surface area contributed by atoms with Crippen molar-refractivity contribution in [1.29, 1.82) is 0 Å². The number of piperazine rings is 1. The summed E-state index contributed by atoms with van der Waals surface area (Å²) in [4.78, 5) is 29.6. The standard InChI is InChI=1S/C30H42N4O5S.C2HF3O2/c1-20-13-27(38-4)14-21(2)29(20)40(36,37)34(23-5-6-23)18-28-15-22(19-39-28)30(35)33-11-9-32(10-12-33)26-16-24-7-8-25(17-26)31(24)3;3-2(4,5)1(6)7/h13-15,19,23-26H,5-12,16-18H2,1-4H3;(H,6,7). The van der Waals surface area contributed by atoms with E-state index in [4.69, 9.17) is 19.1 Å². The quantitative estimate of drug-likeness (QED) is 0.434.